The van der Waals surface area contributed by atoms with E-state index in [9.17, 15) is 9.59 Å². The van der Waals surface area contributed by atoms with Gasteiger partial charge in [0.25, 0.3) is 0 Å². The van der Waals surface area contributed by atoms with E-state index in [1.54, 1.807) is 13.0 Å². The van der Waals surface area contributed by atoms with Gasteiger partial charge >= 0.3 is 11.9 Å². The van der Waals surface area contributed by atoms with Crippen molar-refractivity contribution in [2.75, 3.05) is 14.2 Å². The lowest BCUT2D eigenvalue weighted by Gasteiger charge is -2.23. The Kier molecular flexibility index (Phi) is 6.25. The van der Waals surface area contributed by atoms with Gasteiger partial charge in [0.2, 0.25) is 0 Å². The Bertz CT molecular complexity index is 319. The van der Waals surface area contributed by atoms with Crippen molar-refractivity contribution in [1.82, 2.24) is 0 Å². The third-order valence-electron chi connectivity index (χ3n) is 2.38. The van der Waals surface area contributed by atoms with E-state index in [0.29, 0.717) is 0 Å². The highest BCUT2D eigenvalue weighted by Crippen LogP contribution is 2.29. The van der Waals surface area contributed by atoms with Gasteiger partial charge in [0.05, 0.1) is 14.2 Å². The van der Waals surface area contributed by atoms with Crippen molar-refractivity contribution in [3.8, 4) is 0 Å². The van der Waals surface area contributed by atoms with Crippen molar-refractivity contribution in [3.63, 3.8) is 0 Å². The highest BCUT2D eigenvalue weighted by atomic mass is 16.5. The van der Waals surface area contributed by atoms with Crippen LogP contribution in [-0.4, -0.2) is 26.2 Å². The Morgan fingerprint density at radius 3 is 1.88 bits per heavy atom. The van der Waals surface area contributed by atoms with Crippen molar-refractivity contribution in [1.29, 1.82) is 0 Å². The van der Waals surface area contributed by atoms with Crippen LogP contribution in [0.4, 0.5) is 0 Å². The SMILES string of the molecule is CC=CC(CC=C(C)C)(C(=O)OC)C(=O)OC. The number of ether oxygens (including phenoxy) is 2. The van der Waals surface area contributed by atoms with Gasteiger partial charge in [-0.3, -0.25) is 9.59 Å². The van der Waals surface area contributed by atoms with E-state index in [4.69, 9.17) is 9.47 Å². The quantitative estimate of drug-likeness (QED) is 0.420. The van der Waals surface area contributed by atoms with E-state index in [0.717, 1.165) is 5.57 Å². The molecule has 0 bridgehead atoms. The molecular weight excluding hydrogens is 220 g/mol. The van der Waals surface area contributed by atoms with Crippen molar-refractivity contribution < 1.29 is 19.1 Å². The smallest absolute Gasteiger partial charge is 0.327 e. The van der Waals surface area contributed by atoms with Gasteiger partial charge in [0, 0.05) is 0 Å². The van der Waals surface area contributed by atoms with Gasteiger partial charge in [0.15, 0.2) is 5.41 Å². The van der Waals surface area contributed by atoms with Crippen LogP contribution in [0.15, 0.2) is 23.8 Å². The van der Waals surface area contributed by atoms with Gasteiger partial charge in [-0.2, -0.15) is 0 Å². The summed E-state index contributed by atoms with van der Waals surface area (Å²) in [6.07, 6.45) is 5.21. The lowest BCUT2D eigenvalue weighted by Crippen LogP contribution is -2.39. The van der Waals surface area contributed by atoms with Gasteiger partial charge in [-0.15, -0.1) is 0 Å². The summed E-state index contributed by atoms with van der Waals surface area (Å²) in [6, 6.07) is 0. The first kappa shape index (κ1) is 15.4. The molecule has 0 spiro atoms. The van der Waals surface area contributed by atoms with E-state index in [-0.39, 0.29) is 6.42 Å². The molecule has 0 fully saturated rings. The Morgan fingerprint density at radius 2 is 1.59 bits per heavy atom. The maximum absolute atomic E-state index is 11.8. The highest BCUT2D eigenvalue weighted by molar-refractivity contribution is 6.02. The maximum Gasteiger partial charge on any atom is 0.327 e. The van der Waals surface area contributed by atoms with E-state index in [1.807, 2.05) is 19.9 Å². The zero-order valence-electron chi connectivity index (χ0n) is 11.1. The summed E-state index contributed by atoms with van der Waals surface area (Å²) in [5.41, 5.74) is -0.359. The molecule has 96 valence electrons. The molecule has 0 aromatic heterocycles. The monoisotopic (exact) mass is 240 g/mol. The molecule has 0 atom stereocenters. The molecular formula is C13H20O4. The molecule has 0 saturated carbocycles. The first-order valence-electron chi connectivity index (χ1n) is 5.38. The third kappa shape index (κ3) is 3.73. The topological polar surface area (TPSA) is 52.6 Å². The fraction of sp³-hybridized carbons (Fsp3) is 0.538. The Hall–Kier alpha value is -1.58. The largest absolute Gasteiger partial charge is 0.468 e. The zero-order chi connectivity index (χ0) is 13.5. The average molecular weight is 240 g/mol. The Morgan fingerprint density at radius 1 is 1.12 bits per heavy atom. The van der Waals surface area contributed by atoms with Crippen molar-refractivity contribution in [2.45, 2.75) is 27.2 Å². The third-order valence-corrected chi connectivity index (χ3v) is 2.38. The second-order valence-corrected chi connectivity index (χ2v) is 3.94. The minimum atomic E-state index is -1.38. The predicted octanol–water partition coefficient (Wildman–Crippen LogP) is 2.25. The summed E-state index contributed by atoms with van der Waals surface area (Å²) >= 11 is 0. The van der Waals surface area contributed by atoms with E-state index < -0.39 is 17.4 Å². The molecule has 0 N–H and O–H groups in total. The number of hydrogen-bond acceptors (Lipinski definition) is 4. The molecule has 4 nitrogen and oxygen atoms in total. The standard InChI is InChI=1S/C13H20O4/c1-6-8-13(11(14)16-4,12(15)17-5)9-7-10(2)3/h6-8H,9H2,1-5H3. The van der Waals surface area contributed by atoms with Crippen LogP contribution in [0.1, 0.15) is 27.2 Å². The highest BCUT2D eigenvalue weighted by Gasteiger charge is 2.45. The molecule has 0 amide bonds. The van der Waals surface area contributed by atoms with Crippen LogP contribution in [0.5, 0.6) is 0 Å². The van der Waals surface area contributed by atoms with Crippen LogP contribution in [0, 0.1) is 5.41 Å². The molecule has 0 aliphatic carbocycles. The lowest BCUT2D eigenvalue weighted by atomic mass is 9.83. The van der Waals surface area contributed by atoms with Crippen LogP contribution in [0.2, 0.25) is 0 Å². The van der Waals surface area contributed by atoms with E-state index >= 15 is 0 Å². The van der Waals surface area contributed by atoms with Gasteiger partial charge in [-0.1, -0.05) is 23.8 Å². The zero-order valence-corrected chi connectivity index (χ0v) is 11.1. The summed E-state index contributed by atoms with van der Waals surface area (Å²) in [7, 11) is 2.51. The summed E-state index contributed by atoms with van der Waals surface area (Å²) in [6.45, 7) is 5.53. The number of methoxy groups -OCH3 is 2. The van der Waals surface area contributed by atoms with Gasteiger partial charge < -0.3 is 9.47 Å². The van der Waals surface area contributed by atoms with Gasteiger partial charge in [-0.25, -0.2) is 0 Å². The first-order valence-corrected chi connectivity index (χ1v) is 5.38. The van der Waals surface area contributed by atoms with Gasteiger partial charge in [0.1, 0.15) is 0 Å². The van der Waals surface area contributed by atoms with Crippen LogP contribution in [-0.2, 0) is 19.1 Å². The minimum absolute atomic E-state index is 0.235. The number of carbonyl (C=O) groups is 2. The number of carbonyl (C=O) groups excluding carboxylic acids is 2. The van der Waals surface area contributed by atoms with Crippen molar-refractivity contribution >= 4 is 11.9 Å². The summed E-state index contributed by atoms with van der Waals surface area (Å²) in [5, 5.41) is 0. The Labute approximate surface area is 102 Å². The molecule has 0 aliphatic heterocycles. The van der Waals surface area contributed by atoms with Crippen LogP contribution < -0.4 is 0 Å². The molecule has 0 aliphatic rings. The number of rotatable bonds is 5. The van der Waals surface area contributed by atoms with Gasteiger partial charge in [-0.05, 0) is 27.2 Å². The molecule has 0 unspecified atom stereocenters. The number of hydrogen-bond donors (Lipinski definition) is 0. The number of esters is 2. The predicted molar refractivity (Wildman–Crippen MR) is 65.3 cm³/mol. The second kappa shape index (κ2) is 6.89. The summed E-state index contributed by atoms with van der Waals surface area (Å²) in [5.74, 6) is -1.22. The van der Waals surface area contributed by atoms with Crippen LogP contribution >= 0.6 is 0 Å². The van der Waals surface area contributed by atoms with Crippen molar-refractivity contribution in [3.05, 3.63) is 23.8 Å². The molecule has 0 radical (unpaired) electrons. The maximum atomic E-state index is 11.8. The molecule has 0 heterocycles. The van der Waals surface area contributed by atoms with E-state index in [2.05, 4.69) is 0 Å². The fourth-order valence-corrected chi connectivity index (χ4v) is 1.47. The van der Waals surface area contributed by atoms with Crippen LogP contribution in [0.3, 0.4) is 0 Å². The van der Waals surface area contributed by atoms with Crippen LogP contribution in [0.25, 0.3) is 0 Å². The molecule has 0 rings (SSSR count). The number of allylic oxidation sites excluding steroid dienone is 3. The molecule has 0 saturated heterocycles. The molecule has 4 heteroatoms. The summed E-state index contributed by atoms with van der Waals surface area (Å²) in [4.78, 5) is 23.7. The average Bonchev–Trinajstić information content (AvgIpc) is 2.32. The normalized spacial score (nSPS) is 11.1. The fourth-order valence-electron chi connectivity index (χ4n) is 1.47. The molecule has 0 aromatic carbocycles. The molecule has 0 aromatic rings. The lowest BCUT2D eigenvalue weighted by molar-refractivity contribution is -0.164. The minimum Gasteiger partial charge on any atom is -0.468 e. The first-order chi connectivity index (χ1) is 7.94. The summed E-state index contributed by atoms with van der Waals surface area (Å²) < 4.78 is 9.41. The second-order valence-electron chi connectivity index (χ2n) is 3.94. The molecule has 17 heavy (non-hydrogen) atoms. The van der Waals surface area contributed by atoms with E-state index in [1.165, 1.54) is 20.3 Å². The van der Waals surface area contributed by atoms with Crippen molar-refractivity contribution in [2.24, 2.45) is 5.41 Å². The Balaban J connectivity index is 5.47.